The Bertz CT molecular complexity index is 1200. The van der Waals surface area contributed by atoms with Crippen LogP contribution in [0.15, 0.2) is 64.0 Å². The minimum Gasteiger partial charge on any atom is -0.495 e. The van der Waals surface area contributed by atoms with E-state index in [1.807, 2.05) is 24.3 Å². The van der Waals surface area contributed by atoms with Crippen molar-refractivity contribution in [3.05, 3.63) is 75.2 Å². The number of hydrogen-bond acceptors (Lipinski definition) is 4. The van der Waals surface area contributed by atoms with Gasteiger partial charge >= 0.3 is 0 Å². The van der Waals surface area contributed by atoms with Crippen LogP contribution >= 0.6 is 34.8 Å². The third-order valence-corrected chi connectivity index (χ3v) is 4.91. The third-order valence-electron chi connectivity index (χ3n) is 4.07. The van der Waals surface area contributed by atoms with Crippen LogP contribution in [-0.2, 0) is 0 Å². The number of halogens is 3. The first-order valence-corrected chi connectivity index (χ1v) is 9.40. The maximum absolute atomic E-state index is 6.25. The summed E-state index contributed by atoms with van der Waals surface area (Å²) in [6, 6.07) is 16.2. The Morgan fingerprint density at radius 2 is 1.82 bits per heavy atom. The Labute approximate surface area is 176 Å². The van der Waals surface area contributed by atoms with Crippen LogP contribution in [0.3, 0.4) is 0 Å². The lowest BCUT2D eigenvalue weighted by atomic mass is 10.2. The third kappa shape index (κ3) is 3.85. The van der Waals surface area contributed by atoms with Crippen LogP contribution in [0.2, 0.25) is 15.1 Å². The number of benzene rings is 3. The fourth-order valence-corrected chi connectivity index (χ4v) is 3.44. The second-order valence-electron chi connectivity index (χ2n) is 5.95. The maximum atomic E-state index is 6.25. The smallest absolute Gasteiger partial charge is 0.228 e. The number of ether oxygens (including phenoxy) is 1. The Kier molecular flexibility index (Phi) is 5.27. The van der Waals surface area contributed by atoms with E-state index in [-0.39, 0.29) is 0 Å². The summed E-state index contributed by atoms with van der Waals surface area (Å²) in [5.41, 5.74) is 3.61. The van der Waals surface area contributed by atoms with Crippen molar-refractivity contribution in [3.63, 3.8) is 0 Å². The molecule has 0 saturated carbocycles. The van der Waals surface area contributed by atoms with Gasteiger partial charge in [0.1, 0.15) is 11.3 Å². The average molecular weight is 432 g/mol. The maximum Gasteiger partial charge on any atom is 0.228 e. The highest BCUT2D eigenvalue weighted by Crippen LogP contribution is 2.33. The molecule has 4 aromatic rings. The minimum absolute atomic E-state index is 0.430. The summed E-state index contributed by atoms with van der Waals surface area (Å²) in [5, 5.41) is 1.57. The molecule has 0 amide bonds. The fraction of sp³-hybridized carbons (Fsp3) is 0.0476. The van der Waals surface area contributed by atoms with E-state index in [0.717, 1.165) is 11.3 Å². The van der Waals surface area contributed by atoms with Crippen LogP contribution in [0.25, 0.3) is 22.6 Å². The van der Waals surface area contributed by atoms with E-state index in [0.29, 0.717) is 43.4 Å². The van der Waals surface area contributed by atoms with Gasteiger partial charge < -0.3 is 9.15 Å². The number of fused-ring (bicyclic) bond motifs is 1. The number of aromatic nitrogens is 1. The van der Waals surface area contributed by atoms with Gasteiger partial charge in [-0.3, -0.25) is 4.99 Å². The van der Waals surface area contributed by atoms with Gasteiger partial charge in [0, 0.05) is 11.2 Å². The number of methoxy groups -OCH3 is 1. The molecular weight excluding hydrogens is 419 g/mol. The van der Waals surface area contributed by atoms with Crippen molar-refractivity contribution in [2.24, 2.45) is 4.99 Å². The molecule has 1 aromatic heterocycles. The summed E-state index contributed by atoms with van der Waals surface area (Å²) in [6.07, 6.45) is 1.73. The Hall–Kier alpha value is -2.53. The van der Waals surface area contributed by atoms with Gasteiger partial charge in [-0.25, -0.2) is 4.98 Å². The van der Waals surface area contributed by atoms with E-state index in [1.165, 1.54) is 0 Å². The molecule has 0 bridgehead atoms. The lowest BCUT2D eigenvalue weighted by Crippen LogP contribution is -1.86. The van der Waals surface area contributed by atoms with Crippen molar-refractivity contribution in [3.8, 4) is 17.2 Å². The van der Waals surface area contributed by atoms with Crippen molar-refractivity contribution < 1.29 is 9.15 Å². The summed E-state index contributed by atoms with van der Waals surface area (Å²) in [7, 11) is 1.58. The molecule has 0 atom stereocenters. The average Bonchev–Trinajstić information content (AvgIpc) is 3.09. The molecule has 4 rings (SSSR count). The quantitative estimate of drug-likeness (QED) is 0.321. The highest BCUT2D eigenvalue weighted by atomic mass is 35.5. The highest BCUT2D eigenvalue weighted by molar-refractivity contribution is 6.36. The minimum atomic E-state index is 0.430. The van der Waals surface area contributed by atoms with Gasteiger partial charge in [-0.2, -0.15) is 0 Å². The first-order chi connectivity index (χ1) is 13.5. The second kappa shape index (κ2) is 7.84. The molecule has 0 saturated heterocycles. The van der Waals surface area contributed by atoms with Gasteiger partial charge in [-0.15, -0.1) is 0 Å². The van der Waals surface area contributed by atoms with Gasteiger partial charge in [-0.05, 0) is 60.2 Å². The van der Waals surface area contributed by atoms with Crippen LogP contribution in [-0.4, -0.2) is 18.3 Å². The summed E-state index contributed by atoms with van der Waals surface area (Å²) < 4.78 is 11.0. The molecule has 0 aliphatic heterocycles. The van der Waals surface area contributed by atoms with Gasteiger partial charge in [0.15, 0.2) is 5.58 Å². The zero-order valence-electron chi connectivity index (χ0n) is 14.6. The number of oxazole rings is 1. The predicted molar refractivity (Wildman–Crippen MR) is 115 cm³/mol. The van der Waals surface area contributed by atoms with Gasteiger partial charge in [0.2, 0.25) is 5.89 Å². The summed E-state index contributed by atoms with van der Waals surface area (Å²) >= 11 is 18.3. The zero-order chi connectivity index (χ0) is 19.7. The molecule has 28 heavy (non-hydrogen) atoms. The molecule has 3 aromatic carbocycles. The Morgan fingerprint density at radius 3 is 2.57 bits per heavy atom. The van der Waals surface area contributed by atoms with E-state index in [9.17, 15) is 0 Å². The summed E-state index contributed by atoms with van der Waals surface area (Å²) in [6.45, 7) is 0. The second-order valence-corrected chi connectivity index (χ2v) is 7.20. The fourth-order valence-electron chi connectivity index (χ4n) is 2.69. The number of nitrogens with zero attached hydrogens (tertiary/aromatic N) is 2. The van der Waals surface area contributed by atoms with E-state index >= 15 is 0 Å². The topological polar surface area (TPSA) is 47.6 Å². The monoisotopic (exact) mass is 430 g/mol. The Balaban J connectivity index is 1.64. The van der Waals surface area contributed by atoms with E-state index in [2.05, 4.69) is 9.98 Å². The molecule has 0 aliphatic rings. The molecule has 4 nitrogen and oxygen atoms in total. The largest absolute Gasteiger partial charge is 0.495 e. The molecule has 1 heterocycles. The van der Waals surface area contributed by atoms with Crippen molar-refractivity contribution >= 4 is 57.8 Å². The van der Waals surface area contributed by atoms with Crippen molar-refractivity contribution in [1.29, 1.82) is 0 Å². The molecule has 140 valence electrons. The molecule has 7 heteroatoms. The van der Waals surface area contributed by atoms with Gasteiger partial charge in [-0.1, -0.05) is 34.8 Å². The number of aliphatic imine (C=N–C) groups is 1. The lowest BCUT2D eigenvalue weighted by molar-refractivity contribution is 0.415. The van der Waals surface area contributed by atoms with Gasteiger partial charge in [0.25, 0.3) is 0 Å². The molecule has 0 aliphatic carbocycles. The zero-order valence-corrected chi connectivity index (χ0v) is 16.9. The first-order valence-electron chi connectivity index (χ1n) is 8.27. The van der Waals surface area contributed by atoms with E-state index < -0.39 is 0 Å². The van der Waals surface area contributed by atoms with Crippen LogP contribution < -0.4 is 4.74 Å². The number of rotatable bonds is 4. The van der Waals surface area contributed by atoms with Gasteiger partial charge in [0.05, 0.1) is 28.4 Å². The van der Waals surface area contributed by atoms with Crippen LogP contribution in [0.1, 0.15) is 5.56 Å². The standard InChI is InChI=1S/C21H13Cl3N2O2/c1-27-19-6-2-12(8-17(19)24)11-25-14-4-7-20-18(10-14)26-21(28-20)15-5-3-13(22)9-16(15)23/h2-11H,1H3. The molecule has 0 N–H and O–H groups in total. The predicted octanol–water partition coefficient (Wildman–Crippen LogP) is 7.21. The van der Waals surface area contributed by atoms with Crippen molar-refractivity contribution in [1.82, 2.24) is 4.98 Å². The van der Waals surface area contributed by atoms with E-state index in [4.69, 9.17) is 44.0 Å². The van der Waals surface area contributed by atoms with Crippen LogP contribution in [0, 0.1) is 0 Å². The van der Waals surface area contributed by atoms with Crippen LogP contribution in [0.5, 0.6) is 5.75 Å². The Morgan fingerprint density at radius 1 is 0.964 bits per heavy atom. The summed E-state index contributed by atoms with van der Waals surface area (Å²) in [4.78, 5) is 9.00. The van der Waals surface area contributed by atoms with Crippen LogP contribution in [0.4, 0.5) is 5.69 Å². The highest BCUT2D eigenvalue weighted by Gasteiger charge is 2.12. The lowest BCUT2D eigenvalue weighted by Gasteiger charge is -2.02. The van der Waals surface area contributed by atoms with Crippen molar-refractivity contribution in [2.75, 3.05) is 7.11 Å². The SMILES string of the molecule is COc1ccc(C=Nc2ccc3oc(-c4ccc(Cl)cc4Cl)nc3c2)cc1Cl. The van der Waals surface area contributed by atoms with E-state index in [1.54, 1.807) is 43.7 Å². The molecule has 0 fully saturated rings. The first kappa shape index (κ1) is 18.8. The molecule has 0 unspecified atom stereocenters. The molecular formula is C21H13Cl3N2O2. The summed E-state index contributed by atoms with van der Waals surface area (Å²) in [5.74, 6) is 1.05. The molecule has 0 spiro atoms. The van der Waals surface area contributed by atoms with Crippen molar-refractivity contribution in [2.45, 2.75) is 0 Å². The normalized spacial score (nSPS) is 11.4. The molecule has 0 radical (unpaired) electrons. The number of hydrogen-bond donors (Lipinski definition) is 0.